The Balaban J connectivity index is 0.000000686. The molecule has 17 heavy (non-hydrogen) atoms. The highest BCUT2D eigenvalue weighted by atomic mass is 16.5. The number of anilines is 1. The summed E-state index contributed by atoms with van der Waals surface area (Å²) < 4.78 is 4.56. The monoisotopic (exact) mass is 237 g/mol. The van der Waals surface area contributed by atoms with Gasteiger partial charge in [0.05, 0.1) is 23.9 Å². The molecule has 1 amide bonds. The lowest BCUT2D eigenvalue weighted by Crippen LogP contribution is -2.45. The third kappa shape index (κ3) is 2.73. The van der Waals surface area contributed by atoms with Crippen LogP contribution in [0.3, 0.4) is 0 Å². The molecule has 1 aliphatic rings. The van der Waals surface area contributed by atoms with Crippen molar-refractivity contribution in [3.63, 3.8) is 0 Å². The Kier molecular flexibility index (Phi) is 4.47. The van der Waals surface area contributed by atoms with E-state index in [-0.39, 0.29) is 5.91 Å². The Morgan fingerprint density at radius 1 is 1.24 bits per heavy atom. The third-order valence-electron chi connectivity index (χ3n) is 2.06. The van der Waals surface area contributed by atoms with Crippen molar-refractivity contribution < 1.29 is 14.3 Å². The first-order valence-corrected chi connectivity index (χ1v) is 5.26. The lowest BCUT2D eigenvalue weighted by molar-refractivity contribution is 0.0600. The van der Waals surface area contributed by atoms with Crippen LogP contribution in [0.15, 0.2) is 18.2 Å². The zero-order valence-electron chi connectivity index (χ0n) is 9.96. The zero-order valence-corrected chi connectivity index (χ0v) is 9.96. The molecule has 3 N–H and O–H groups in total. The van der Waals surface area contributed by atoms with E-state index in [2.05, 4.69) is 21.1 Å². The van der Waals surface area contributed by atoms with E-state index in [9.17, 15) is 9.59 Å². The summed E-state index contributed by atoms with van der Waals surface area (Å²) in [6, 6.07) is 4.69. The first kappa shape index (κ1) is 13.0. The number of hydrogen-bond acceptors (Lipinski definition) is 5. The lowest BCUT2D eigenvalue weighted by atomic mass is 10.1. The summed E-state index contributed by atoms with van der Waals surface area (Å²) in [5, 5.41) is 0. The van der Waals surface area contributed by atoms with Crippen molar-refractivity contribution in [2.75, 3.05) is 12.5 Å². The molecule has 0 bridgehead atoms. The summed E-state index contributed by atoms with van der Waals surface area (Å²) in [5.41, 5.74) is 8.96. The Labute approximate surface area is 99.3 Å². The van der Waals surface area contributed by atoms with Gasteiger partial charge in [0, 0.05) is 0 Å². The fourth-order valence-corrected chi connectivity index (χ4v) is 1.31. The number of nitrogens with one attached hydrogen (secondary N) is 3. The van der Waals surface area contributed by atoms with E-state index in [0.29, 0.717) is 16.8 Å². The third-order valence-corrected chi connectivity index (χ3v) is 2.06. The highest BCUT2D eigenvalue weighted by Crippen LogP contribution is 2.18. The molecule has 0 saturated heterocycles. The topological polar surface area (TPSA) is 79.5 Å². The second-order valence-corrected chi connectivity index (χ2v) is 2.96. The predicted molar refractivity (Wildman–Crippen MR) is 63.4 cm³/mol. The molecule has 1 aromatic rings. The normalized spacial score (nSPS) is 12.3. The molecule has 0 saturated carbocycles. The number of ether oxygens (including phenoxy) is 1. The van der Waals surface area contributed by atoms with Crippen molar-refractivity contribution in [1.82, 2.24) is 11.0 Å². The maximum atomic E-state index is 11.4. The molecule has 6 nitrogen and oxygen atoms in total. The molecular formula is C11H15N3O3. The van der Waals surface area contributed by atoms with E-state index in [1.165, 1.54) is 13.2 Å². The summed E-state index contributed by atoms with van der Waals surface area (Å²) >= 11 is 0. The number of hydrogen-bond donors (Lipinski definition) is 3. The smallest absolute Gasteiger partial charge is 0.337 e. The van der Waals surface area contributed by atoms with Crippen LogP contribution < -0.4 is 16.4 Å². The van der Waals surface area contributed by atoms with Crippen LogP contribution in [0.4, 0.5) is 5.69 Å². The minimum Gasteiger partial charge on any atom is -0.465 e. The van der Waals surface area contributed by atoms with E-state index in [4.69, 9.17) is 0 Å². The van der Waals surface area contributed by atoms with Crippen LogP contribution in [0.5, 0.6) is 0 Å². The van der Waals surface area contributed by atoms with E-state index in [1.807, 2.05) is 13.8 Å². The van der Waals surface area contributed by atoms with Crippen molar-refractivity contribution >= 4 is 17.6 Å². The van der Waals surface area contributed by atoms with Crippen LogP contribution in [0.2, 0.25) is 0 Å². The fourth-order valence-electron chi connectivity index (χ4n) is 1.31. The van der Waals surface area contributed by atoms with Crippen LogP contribution in [0.25, 0.3) is 0 Å². The number of methoxy groups -OCH3 is 1. The van der Waals surface area contributed by atoms with Gasteiger partial charge in [-0.2, -0.15) is 0 Å². The number of rotatable bonds is 1. The average molecular weight is 237 g/mol. The average Bonchev–Trinajstić information content (AvgIpc) is 2.40. The van der Waals surface area contributed by atoms with Gasteiger partial charge in [-0.15, -0.1) is 5.53 Å². The SMILES string of the molecule is CC.COC(=O)c1ccc2c(c1)C(=O)NNN2. The first-order chi connectivity index (χ1) is 8.22. The summed E-state index contributed by atoms with van der Waals surface area (Å²) in [6.07, 6.45) is 0. The van der Waals surface area contributed by atoms with Crippen molar-refractivity contribution in [2.24, 2.45) is 0 Å². The first-order valence-electron chi connectivity index (χ1n) is 5.26. The number of fused-ring (bicyclic) bond motifs is 1. The standard InChI is InChI=1S/C9H9N3O3.C2H6/c1-15-9(14)5-2-3-7-6(4-5)8(13)11-12-10-7;1-2/h2-4,10,12H,1H3,(H,11,13);1-2H3. The minimum atomic E-state index is -0.468. The van der Waals surface area contributed by atoms with Gasteiger partial charge >= 0.3 is 5.97 Å². The van der Waals surface area contributed by atoms with Crippen molar-refractivity contribution in [2.45, 2.75) is 13.8 Å². The van der Waals surface area contributed by atoms with Gasteiger partial charge in [-0.05, 0) is 18.2 Å². The summed E-state index contributed by atoms with van der Waals surface area (Å²) in [5.74, 6) is -0.765. The number of esters is 1. The summed E-state index contributed by atoms with van der Waals surface area (Å²) in [7, 11) is 1.29. The molecule has 2 rings (SSSR count). The minimum absolute atomic E-state index is 0.297. The number of hydrazine groups is 2. The Bertz CT molecular complexity index is 432. The molecule has 1 aromatic carbocycles. The van der Waals surface area contributed by atoms with Gasteiger partial charge in [-0.1, -0.05) is 13.8 Å². The molecule has 1 heterocycles. The number of benzene rings is 1. The van der Waals surface area contributed by atoms with Crippen LogP contribution in [0.1, 0.15) is 34.6 Å². The van der Waals surface area contributed by atoms with Gasteiger partial charge in [0.2, 0.25) is 0 Å². The quantitative estimate of drug-likeness (QED) is 0.637. The molecular weight excluding hydrogens is 222 g/mol. The van der Waals surface area contributed by atoms with Gasteiger partial charge in [0.1, 0.15) is 0 Å². The van der Waals surface area contributed by atoms with Gasteiger partial charge in [0.25, 0.3) is 5.91 Å². The molecule has 1 aliphatic heterocycles. The predicted octanol–water partition coefficient (Wildman–Crippen LogP) is 1.07. The number of carbonyl (C=O) groups excluding carboxylic acids is 2. The number of carbonyl (C=O) groups is 2. The van der Waals surface area contributed by atoms with Gasteiger partial charge in [-0.3, -0.25) is 10.2 Å². The zero-order chi connectivity index (χ0) is 12.8. The maximum Gasteiger partial charge on any atom is 0.337 e. The molecule has 0 aromatic heterocycles. The van der Waals surface area contributed by atoms with Crippen molar-refractivity contribution in [3.05, 3.63) is 29.3 Å². The van der Waals surface area contributed by atoms with Gasteiger partial charge < -0.3 is 10.2 Å². The molecule has 0 fully saturated rings. The van der Waals surface area contributed by atoms with Crippen molar-refractivity contribution in [3.8, 4) is 0 Å². The molecule has 0 spiro atoms. The van der Waals surface area contributed by atoms with E-state index >= 15 is 0 Å². The molecule has 0 unspecified atom stereocenters. The highest BCUT2D eigenvalue weighted by Gasteiger charge is 2.18. The Hall–Kier alpha value is -2.08. The lowest BCUT2D eigenvalue weighted by Gasteiger charge is -2.19. The molecule has 6 heteroatoms. The summed E-state index contributed by atoms with van der Waals surface area (Å²) in [4.78, 5) is 22.6. The molecule has 0 atom stereocenters. The highest BCUT2D eigenvalue weighted by molar-refractivity contribution is 6.03. The van der Waals surface area contributed by atoms with E-state index in [0.717, 1.165) is 0 Å². The van der Waals surface area contributed by atoms with Crippen LogP contribution in [-0.2, 0) is 4.74 Å². The second kappa shape index (κ2) is 5.86. The summed E-state index contributed by atoms with van der Waals surface area (Å²) in [6.45, 7) is 4.00. The van der Waals surface area contributed by atoms with Crippen LogP contribution in [0, 0.1) is 0 Å². The largest absolute Gasteiger partial charge is 0.465 e. The fraction of sp³-hybridized carbons (Fsp3) is 0.273. The Morgan fingerprint density at radius 2 is 1.94 bits per heavy atom. The molecule has 0 aliphatic carbocycles. The molecule has 0 radical (unpaired) electrons. The van der Waals surface area contributed by atoms with Gasteiger partial charge in [-0.25, -0.2) is 4.79 Å². The molecule has 92 valence electrons. The number of amides is 1. The van der Waals surface area contributed by atoms with Crippen LogP contribution in [-0.4, -0.2) is 19.0 Å². The Morgan fingerprint density at radius 3 is 2.59 bits per heavy atom. The van der Waals surface area contributed by atoms with Gasteiger partial charge in [0.15, 0.2) is 0 Å². The van der Waals surface area contributed by atoms with Crippen LogP contribution >= 0.6 is 0 Å². The van der Waals surface area contributed by atoms with E-state index < -0.39 is 5.97 Å². The van der Waals surface area contributed by atoms with Crippen molar-refractivity contribution in [1.29, 1.82) is 0 Å². The maximum absolute atomic E-state index is 11.4. The second-order valence-electron chi connectivity index (χ2n) is 2.96. The van der Waals surface area contributed by atoms with E-state index in [1.54, 1.807) is 12.1 Å².